The van der Waals surface area contributed by atoms with Crippen LogP contribution in [-0.2, 0) is 11.3 Å². The van der Waals surface area contributed by atoms with Crippen LogP contribution >= 0.6 is 0 Å². The zero-order valence-corrected chi connectivity index (χ0v) is 13.7. The van der Waals surface area contributed by atoms with Crippen LogP contribution in [0.15, 0.2) is 52.9 Å². The van der Waals surface area contributed by atoms with Gasteiger partial charge in [-0.3, -0.25) is 9.69 Å². The van der Waals surface area contributed by atoms with Gasteiger partial charge in [0.05, 0.1) is 6.04 Å². The molecule has 1 aromatic heterocycles. The smallest absolute Gasteiger partial charge is 0.234 e. The summed E-state index contributed by atoms with van der Waals surface area (Å²) in [5.41, 5.74) is 8.23. The summed E-state index contributed by atoms with van der Waals surface area (Å²) in [6.45, 7) is 1.58. The third kappa shape index (κ3) is 3.15. The van der Waals surface area contributed by atoms with Gasteiger partial charge in [-0.2, -0.15) is 0 Å². The molecule has 1 saturated heterocycles. The Morgan fingerprint density at radius 3 is 2.76 bits per heavy atom. The minimum atomic E-state index is -0.267. The van der Waals surface area contributed by atoms with E-state index in [-0.39, 0.29) is 17.8 Å². The Morgan fingerprint density at radius 1 is 1.20 bits per heavy atom. The van der Waals surface area contributed by atoms with Crippen LogP contribution < -0.4 is 5.73 Å². The molecule has 0 saturated carbocycles. The summed E-state index contributed by atoms with van der Waals surface area (Å²) in [5, 5.41) is 0.992. The molecule has 0 bridgehead atoms. The van der Waals surface area contributed by atoms with Crippen molar-refractivity contribution >= 4 is 16.9 Å². The molecule has 128 valence electrons. The summed E-state index contributed by atoms with van der Waals surface area (Å²) in [5.74, 6) is 0.195. The minimum Gasteiger partial charge on any atom is -0.456 e. The van der Waals surface area contributed by atoms with Gasteiger partial charge in [0.2, 0.25) is 5.91 Å². The Hall–Kier alpha value is -2.66. The summed E-state index contributed by atoms with van der Waals surface area (Å²) in [7, 11) is 0. The molecule has 5 heteroatoms. The molecule has 1 fully saturated rings. The molecule has 4 rings (SSSR count). The molecule has 2 N–H and O–H groups in total. The lowest BCUT2D eigenvalue weighted by atomic mass is 10.1. The van der Waals surface area contributed by atoms with Crippen LogP contribution in [0, 0.1) is 5.82 Å². The van der Waals surface area contributed by atoms with Gasteiger partial charge in [0.1, 0.15) is 17.2 Å². The number of likely N-dealkylation sites (tertiary alicyclic amines) is 1. The molecule has 0 radical (unpaired) electrons. The van der Waals surface area contributed by atoms with Gasteiger partial charge in [-0.15, -0.1) is 0 Å². The topological polar surface area (TPSA) is 59.5 Å². The van der Waals surface area contributed by atoms with Crippen molar-refractivity contribution in [2.24, 2.45) is 5.73 Å². The molecule has 1 unspecified atom stereocenters. The zero-order valence-electron chi connectivity index (χ0n) is 13.7. The number of fused-ring (bicyclic) bond motifs is 1. The summed E-state index contributed by atoms with van der Waals surface area (Å²) in [6.07, 6.45) is 1.83. The van der Waals surface area contributed by atoms with Gasteiger partial charge in [0.25, 0.3) is 0 Å². The lowest BCUT2D eigenvalue weighted by molar-refractivity contribution is -0.122. The molecule has 0 aliphatic carbocycles. The van der Waals surface area contributed by atoms with Crippen LogP contribution in [0.1, 0.15) is 18.4 Å². The fourth-order valence-corrected chi connectivity index (χ4v) is 3.52. The highest BCUT2D eigenvalue weighted by Crippen LogP contribution is 2.29. The molecule has 1 aliphatic heterocycles. The number of nitrogens with two attached hydrogens (primary N) is 1. The lowest BCUT2D eigenvalue weighted by Crippen LogP contribution is -2.39. The summed E-state index contributed by atoms with van der Waals surface area (Å²) in [6, 6.07) is 14.1. The predicted molar refractivity (Wildman–Crippen MR) is 94.2 cm³/mol. The second-order valence-electron chi connectivity index (χ2n) is 6.52. The van der Waals surface area contributed by atoms with Gasteiger partial charge in [0.15, 0.2) is 0 Å². The first-order valence-corrected chi connectivity index (χ1v) is 8.42. The van der Waals surface area contributed by atoms with E-state index in [0.29, 0.717) is 12.3 Å². The standard InChI is InChI=1S/C20H19FN2O2/c21-16-6-4-14(5-7-16)19-11-15-10-13(3-8-18(15)25-19)12-23-9-1-2-17(23)20(22)24/h3-8,10-11,17H,1-2,9,12H2,(H2,22,24). The average molecular weight is 338 g/mol. The molecular formula is C20H19FN2O2. The second kappa shape index (κ2) is 6.33. The van der Waals surface area contributed by atoms with Gasteiger partial charge >= 0.3 is 0 Å². The Morgan fingerprint density at radius 2 is 2.00 bits per heavy atom. The van der Waals surface area contributed by atoms with Gasteiger partial charge in [0, 0.05) is 17.5 Å². The number of nitrogens with zero attached hydrogens (tertiary/aromatic N) is 1. The number of hydrogen-bond donors (Lipinski definition) is 1. The number of furan rings is 1. The highest BCUT2D eigenvalue weighted by molar-refractivity contribution is 5.83. The van der Waals surface area contributed by atoms with E-state index in [4.69, 9.17) is 10.2 Å². The predicted octanol–water partition coefficient (Wildman–Crippen LogP) is 3.69. The first-order valence-electron chi connectivity index (χ1n) is 8.42. The van der Waals surface area contributed by atoms with E-state index in [0.717, 1.165) is 41.5 Å². The van der Waals surface area contributed by atoms with Gasteiger partial charge in [-0.1, -0.05) is 6.07 Å². The monoisotopic (exact) mass is 338 g/mol. The van der Waals surface area contributed by atoms with E-state index >= 15 is 0 Å². The van der Waals surface area contributed by atoms with Gasteiger partial charge in [-0.25, -0.2) is 4.39 Å². The summed E-state index contributed by atoms with van der Waals surface area (Å²) < 4.78 is 18.9. The quantitative estimate of drug-likeness (QED) is 0.789. The van der Waals surface area contributed by atoms with Crippen molar-refractivity contribution in [2.45, 2.75) is 25.4 Å². The summed E-state index contributed by atoms with van der Waals surface area (Å²) >= 11 is 0. The number of carbonyl (C=O) groups excluding carboxylic acids is 1. The van der Waals surface area contributed by atoms with E-state index in [1.54, 1.807) is 12.1 Å². The van der Waals surface area contributed by atoms with Crippen molar-refractivity contribution in [1.29, 1.82) is 0 Å². The largest absolute Gasteiger partial charge is 0.456 e. The summed E-state index contributed by atoms with van der Waals surface area (Å²) in [4.78, 5) is 13.7. The van der Waals surface area contributed by atoms with Crippen molar-refractivity contribution in [3.8, 4) is 11.3 Å². The van der Waals surface area contributed by atoms with Gasteiger partial charge in [-0.05, 0) is 67.4 Å². The van der Waals surface area contributed by atoms with Crippen LogP contribution in [0.5, 0.6) is 0 Å². The molecule has 1 atom stereocenters. The van der Waals surface area contributed by atoms with E-state index in [1.807, 2.05) is 18.2 Å². The Balaban J connectivity index is 1.60. The van der Waals surface area contributed by atoms with Crippen molar-refractivity contribution < 1.29 is 13.6 Å². The van der Waals surface area contributed by atoms with Crippen LogP contribution in [0.2, 0.25) is 0 Å². The highest BCUT2D eigenvalue weighted by atomic mass is 19.1. The van der Waals surface area contributed by atoms with Crippen LogP contribution in [-0.4, -0.2) is 23.4 Å². The SMILES string of the molecule is NC(=O)C1CCCN1Cc1ccc2oc(-c3ccc(F)cc3)cc2c1. The molecular weight excluding hydrogens is 319 g/mol. The molecule has 2 heterocycles. The number of amides is 1. The van der Waals surface area contributed by atoms with Crippen molar-refractivity contribution in [2.75, 3.05) is 6.54 Å². The number of hydrogen-bond acceptors (Lipinski definition) is 3. The Labute approximate surface area is 145 Å². The molecule has 25 heavy (non-hydrogen) atoms. The van der Waals surface area contributed by atoms with E-state index in [1.165, 1.54) is 12.1 Å². The van der Waals surface area contributed by atoms with E-state index in [9.17, 15) is 9.18 Å². The van der Waals surface area contributed by atoms with Gasteiger partial charge < -0.3 is 10.2 Å². The van der Waals surface area contributed by atoms with E-state index in [2.05, 4.69) is 11.0 Å². The van der Waals surface area contributed by atoms with Crippen LogP contribution in [0.25, 0.3) is 22.3 Å². The first kappa shape index (κ1) is 15.8. The van der Waals surface area contributed by atoms with E-state index < -0.39 is 0 Å². The molecule has 0 spiro atoms. The number of rotatable bonds is 4. The number of carbonyl (C=O) groups is 1. The number of halogens is 1. The maximum Gasteiger partial charge on any atom is 0.234 e. The average Bonchev–Trinajstić information content (AvgIpc) is 3.22. The highest BCUT2D eigenvalue weighted by Gasteiger charge is 2.28. The van der Waals surface area contributed by atoms with Crippen LogP contribution in [0.3, 0.4) is 0 Å². The fourth-order valence-electron chi connectivity index (χ4n) is 3.52. The molecule has 1 amide bonds. The van der Waals surface area contributed by atoms with Crippen molar-refractivity contribution in [3.63, 3.8) is 0 Å². The number of benzene rings is 2. The Bertz CT molecular complexity index is 917. The molecule has 3 aromatic rings. The first-order chi connectivity index (χ1) is 12.1. The normalized spacial score (nSPS) is 18.0. The van der Waals surface area contributed by atoms with Crippen LogP contribution in [0.4, 0.5) is 4.39 Å². The molecule has 1 aliphatic rings. The van der Waals surface area contributed by atoms with Crippen molar-refractivity contribution in [1.82, 2.24) is 4.90 Å². The third-order valence-corrected chi connectivity index (χ3v) is 4.79. The second-order valence-corrected chi connectivity index (χ2v) is 6.52. The minimum absolute atomic E-state index is 0.171. The maximum absolute atomic E-state index is 13.1. The lowest BCUT2D eigenvalue weighted by Gasteiger charge is -2.21. The third-order valence-electron chi connectivity index (χ3n) is 4.79. The fraction of sp³-hybridized carbons (Fsp3) is 0.250. The molecule has 2 aromatic carbocycles. The zero-order chi connectivity index (χ0) is 17.4. The number of primary amides is 1. The van der Waals surface area contributed by atoms with Crippen molar-refractivity contribution in [3.05, 3.63) is 59.9 Å². The molecule has 4 nitrogen and oxygen atoms in total. The maximum atomic E-state index is 13.1. The Kier molecular flexibility index (Phi) is 4.01.